The molecule has 1 atom stereocenters. The number of nitrogens with two attached hydrogens (primary N) is 1. The van der Waals surface area contributed by atoms with Crippen LogP contribution in [0.2, 0.25) is 0 Å². The Kier molecular flexibility index (Phi) is 5.04. The molecule has 0 saturated heterocycles. The summed E-state index contributed by atoms with van der Waals surface area (Å²) in [6.07, 6.45) is 0.388. The maximum atomic E-state index is 12.2. The van der Waals surface area contributed by atoms with Crippen molar-refractivity contribution in [2.75, 3.05) is 11.1 Å². The van der Waals surface area contributed by atoms with Gasteiger partial charge < -0.3 is 15.8 Å². The third-order valence-corrected chi connectivity index (χ3v) is 3.53. The van der Waals surface area contributed by atoms with E-state index in [0.29, 0.717) is 17.1 Å². The molecule has 0 aliphatic rings. The molecule has 0 heterocycles. The fourth-order valence-corrected chi connectivity index (χ4v) is 2.07. The highest BCUT2D eigenvalue weighted by Crippen LogP contribution is 2.19. The van der Waals surface area contributed by atoms with E-state index in [2.05, 4.69) is 12.2 Å². The molecule has 0 aliphatic heterocycles. The van der Waals surface area contributed by atoms with Gasteiger partial charge in [0.2, 0.25) is 0 Å². The average molecular weight is 298 g/mol. The first-order valence-corrected chi connectivity index (χ1v) is 7.42. The fourth-order valence-electron chi connectivity index (χ4n) is 2.07. The van der Waals surface area contributed by atoms with Crippen molar-refractivity contribution in [2.24, 2.45) is 0 Å². The average Bonchev–Trinajstić information content (AvgIpc) is 2.51. The predicted molar refractivity (Wildman–Crippen MR) is 90.1 cm³/mol. The van der Waals surface area contributed by atoms with E-state index in [9.17, 15) is 4.79 Å². The van der Waals surface area contributed by atoms with Gasteiger partial charge in [-0.05, 0) is 55.7 Å². The lowest BCUT2D eigenvalue weighted by atomic mass is 10.1. The standard InChI is InChI=1S/C18H22N2O2/c1-4-14-6-9-16(10-7-14)22-13(3)18(21)20-17-11-15(19)8-5-12(17)2/h5-11,13H,4,19H2,1-3H3,(H,20,21)/t13-/m1/s1. The molecule has 0 aliphatic carbocycles. The van der Waals surface area contributed by atoms with Crippen LogP contribution in [0.4, 0.5) is 11.4 Å². The maximum absolute atomic E-state index is 12.2. The van der Waals surface area contributed by atoms with Crippen molar-refractivity contribution in [2.45, 2.75) is 33.3 Å². The van der Waals surface area contributed by atoms with Gasteiger partial charge in [0.1, 0.15) is 5.75 Å². The number of nitrogen functional groups attached to an aromatic ring is 1. The second-order valence-electron chi connectivity index (χ2n) is 5.32. The van der Waals surface area contributed by atoms with Crippen LogP contribution in [0.3, 0.4) is 0 Å². The molecule has 2 aromatic carbocycles. The van der Waals surface area contributed by atoms with Crippen molar-refractivity contribution in [3.63, 3.8) is 0 Å². The topological polar surface area (TPSA) is 64.3 Å². The van der Waals surface area contributed by atoms with E-state index in [1.54, 1.807) is 19.1 Å². The van der Waals surface area contributed by atoms with Crippen LogP contribution in [-0.2, 0) is 11.2 Å². The Labute approximate surface area is 131 Å². The zero-order valence-electron chi connectivity index (χ0n) is 13.2. The lowest BCUT2D eigenvalue weighted by molar-refractivity contribution is -0.122. The van der Waals surface area contributed by atoms with Crippen molar-refractivity contribution in [1.82, 2.24) is 0 Å². The van der Waals surface area contributed by atoms with Crippen LogP contribution >= 0.6 is 0 Å². The molecule has 4 heteroatoms. The summed E-state index contributed by atoms with van der Waals surface area (Å²) in [6.45, 7) is 5.74. The Morgan fingerprint density at radius 2 is 1.91 bits per heavy atom. The van der Waals surface area contributed by atoms with Crippen molar-refractivity contribution < 1.29 is 9.53 Å². The van der Waals surface area contributed by atoms with Gasteiger partial charge in [-0.15, -0.1) is 0 Å². The number of benzene rings is 2. The minimum Gasteiger partial charge on any atom is -0.481 e. The molecular formula is C18H22N2O2. The number of amides is 1. The molecule has 116 valence electrons. The number of carbonyl (C=O) groups is 1. The zero-order valence-corrected chi connectivity index (χ0v) is 13.2. The number of hydrogen-bond acceptors (Lipinski definition) is 3. The molecule has 0 bridgehead atoms. The number of anilines is 2. The molecule has 2 aromatic rings. The Balaban J connectivity index is 2.00. The van der Waals surface area contributed by atoms with E-state index in [4.69, 9.17) is 10.5 Å². The van der Waals surface area contributed by atoms with Crippen LogP contribution in [0.5, 0.6) is 5.75 Å². The van der Waals surface area contributed by atoms with Crippen LogP contribution < -0.4 is 15.8 Å². The van der Waals surface area contributed by atoms with Gasteiger partial charge in [-0.3, -0.25) is 4.79 Å². The fraction of sp³-hybridized carbons (Fsp3) is 0.278. The summed E-state index contributed by atoms with van der Waals surface area (Å²) in [6, 6.07) is 13.2. The molecule has 1 amide bonds. The van der Waals surface area contributed by atoms with Crippen LogP contribution in [0, 0.1) is 6.92 Å². The largest absolute Gasteiger partial charge is 0.481 e. The third-order valence-electron chi connectivity index (χ3n) is 3.53. The summed E-state index contributed by atoms with van der Waals surface area (Å²) in [5.41, 5.74) is 9.27. The van der Waals surface area contributed by atoms with E-state index in [0.717, 1.165) is 12.0 Å². The Morgan fingerprint density at radius 3 is 2.55 bits per heavy atom. The second kappa shape index (κ2) is 6.98. The van der Waals surface area contributed by atoms with Gasteiger partial charge in [-0.25, -0.2) is 0 Å². The van der Waals surface area contributed by atoms with E-state index < -0.39 is 6.10 Å². The first-order chi connectivity index (χ1) is 10.5. The smallest absolute Gasteiger partial charge is 0.265 e. The van der Waals surface area contributed by atoms with Gasteiger partial charge in [0, 0.05) is 11.4 Å². The highest BCUT2D eigenvalue weighted by molar-refractivity contribution is 5.95. The summed E-state index contributed by atoms with van der Waals surface area (Å²) < 4.78 is 5.67. The van der Waals surface area contributed by atoms with E-state index in [1.165, 1.54) is 5.56 Å². The van der Waals surface area contributed by atoms with Gasteiger partial charge >= 0.3 is 0 Å². The molecule has 0 spiro atoms. The monoisotopic (exact) mass is 298 g/mol. The molecule has 0 radical (unpaired) electrons. The minimum atomic E-state index is -0.590. The summed E-state index contributed by atoms with van der Waals surface area (Å²) in [4.78, 5) is 12.2. The quantitative estimate of drug-likeness (QED) is 0.830. The number of rotatable bonds is 5. The molecule has 0 unspecified atom stereocenters. The Hall–Kier alpha value is -2.49. The van der Waals surface area contributed by atoms with Gasteiger partial charge in [-0.2, -0.15) is 0 Å². The van der Waals surface area contributed by atoms with Crippen LogP contribution in [0.15, 0.2) is 42.5 Å². The molecule has 2 rings (SSSR count). The summed E-state index contributed by atoms with van der Waals surface area (Å²) in [5, 5.41) is 2.85. The number of aryl methyl sites for hydroxylation is 2. The van der Waals surface area contributed by atoms with Gasteiger partial charge in [0.25, 0.3) is 5.91 Å². The van der Waals surface area contributed by atoms with Gasteiger partial charge in [0.05, 0.1) is 0 Å². The van der Waals surface area contributed by atoms with E-state index in [1.807, 2.05) is 37.3 Å². The second-order valence-corrected chi connectivity index (χ2v) is 5.32. The first-order valence-electron chi connectivity index (χ1n) is 7.42. The highest BCUT2D eigenvalue weighted by Gasteiger charge is 2.15. The maximum Gasteiger partial charge on any atom is 0.265 e. The normalized spacial score (nSPS) is 11.8. The predicted octanol–water partition coefficient (Wildman–Crippen LogP) is 3.55. The molecule has 0 aromatic heterocycles. The van der Waals surface area contributed by atoms with Gasteiger partial charge in [0.15, 0.2) is 6.10 Å². The molecule has 3 N–H and O–H groups in total. The molecule has 0 saturated carbocycles. The molecule has 4 nitrogen and oxygen atoms in total. The Morgan fingerprint density at radius 1 is 1.23 bits per heavy atom. The minimum absolute atomic E-state index is 0.201. The lowest BCUT2D eigenvalue weighted by Crippen LogP contribution is -2.30. The lowest BCUT2D eigenvalue weighted by Gasteiger charge is -2.16. The number of carbonyl (C=O) groups excluding carboxylic acids is 1. The van der Waals surface area contributed by atoms with Crippen LogP contribution in [0.25, 0.3) is 0 Å². The number of nitrogens with one attached hydrogen (secondary N) is 1. The van der Waals surface area contributed by atoms with Gasteiger partial charge in [-0.1, -0.05) is 25.1 Å². The van der Waals surface area contributed by atoms with E-state index in [-0.39, 0.29) is 5.91 Å². The zero-order chi connectivity index (χ0) is 16.1. The van der Waals surface area contributed by atoms with Crippen molar-refractivity contribution in [3.8, 4) is 5.75 Å². The van der Waals surface area contributed by atoms with E-state index >= 15 is 0 Å². The highest BCUT2D eigenvalue weighted by atomic mass is 16.5. The molecular weight excluding hydrogens is 276 g/mol. The summed E-state index contributed by atoms with van der Waals surface area (Å²) >= 11 is 0. The molecule has 22 heavy (non-hydrogen) atoms. The summed E-state index contributed by atoms with van der Waals surface area (Å²) in [5.74, 6) is 0.484. The van der Waals surface area contributed by atoms with Crippen molar-refractivity contribution in [3.05, 3.63) is 53.6 Å². The van der Waals surface area contributed by atoms with Crippen molar-refractivity contribution >= 4 is 17.3 Å². The Bertz CT molecular complexity index is 651. The SMILES string of the molecule is CCc1ccc(O[C@H](C)C(=O)Nc2cc(N)ccc2C)cc1. The third kappa shape index (κ3) is 4.01. The van der Waals surface area contributed by atoms with Crippen LogP contribution in [-0.4, -0.2) is 12.0 Å². The van der Waals surface area contributed by atoms with Crippen LogP contribution in [0.1, 0.15) is 25.0 Å². The first kappa shape index (κ1) is 15.9. The summed E-state index contributed by atoms with van der Waals surface area (Å²) in [7, 11) is 0. The van der Waals surface area contributed by atoms with Crippen molar-refractivity contribution in [1.29, 1.82) is 0 Å². The number of hydrogen-bond donors (Lipinski definition) is 2. The number of ether oxygens (including phenoxy) is 1. The molecule has 0 fully saturated rings.